The standard InChI is InChI=1S/C25H25N3O3/c1-15-21-8-7-20-22(17-9-16(13-29)11-26-12-17)27-28-24(20)25(21,10-18(14-30)23(15)31)19-5-3-2-4-6-19/h2-6,9,11-12,14-15,21,29-30H,7-8,10,13H2,1H3,(H,27,28)/t15-,21-,25+/m0/s1. The zero-order chi connectivity index (χ0) is 21.6. The van der Waals surface area contributed by atoms with Gasteiger partial charge in [0.2, 0.25) is 0 Å². The molecule has 5 rings (SSSR count). The molecular formula is C25H25N3O3. The molecule has 31 heavy (non-hydrogen) atoms. The summed E-state index contributed by atoms with van der Waals surface area (Å²) in [5.74, 6) is -0.0881. The van der Waals surface area contributed by atoms with Crippen molar-refractivity contribution in [1.82, 2.24) is 15.2 Å². The maximum Gasteiger partial charge on any atom is 0.165 e. The van der Waals surface area contributed by atoms with Crippen LogP contribution in [-0.2, 0) is 23.2 Å². The van der Waals surface area contributed by atoms with Gasteiger partial charge in [0, 0.05) is 40.4 Å². The summed E-state index contributed by atoms with van der Waals surface area (Å²) in [6, 6.07) is 12.1. The van der Waals surface area contributed by atoms with Crippen LogP contribution in [0.15, 0.2) is 60.6 Å². The van der Waals surface area contributed by atoms with Crippen molar-refractivity contribution in [3.05, 3.63) is 83.0 Å². The highest BCUT2D eigenvalue weighted by Crippen LogP contribution is 2.56. The number of aliphatic hydroxyl groups excluding tert-OH is 2. The quantitative estimate of drug-likeness (QED) is 0.446. The van der Waals surface area contributed by atoms with E-state index in [-0.39, 0.29) is 24.2 Å². The topological polar surface area (TPSA) is 99.1 Å². The lowest BCUT2D eigenvalue weighted by Crippen LogP contribution is -2.50. The highest BCUT2D eigenvalue weighted by Gasteiger charge is 2.55. The number of hydrogen-bond donors (Lipinski definition) is 3. The third kappa shape index (κ3) is 2.86. The van der Waals surface area contributed by atoms with E-state index in [4.69, 9.17) is 5.10 Å². The van der Waals surface area contributed by atoms with E-state index in [1.54, 1.807) is 12.4 Å². The van der Waals surface area contributed by atoms with Crippen molar-refractivity contribution in [3.63, 3.8) is 0 Å². The molecular weight excluding hydrogens is 390 g/mol. The third-order valence-electron chi connectivity index (χ3n) is 7.14. The van der Waals surface area contributed by atoms with Crippen LogP contribution in [0.1, 0.15) is 42.1 Å². The average molecular weight is 415 g/mol. The van der Waals surface area contributed by atoms with Gasteiger partial charge in [-0.05, 0) is 42.4 Å². The van der Waals surface area contributed by atoms with Crippen LogP contribution < -0.4 is 0 Å². The molecule has 3 aromatic rings. The Hall–Kier alpha value is -3.25. The highest BCUT2D eigenvalue weighted by molar-refractivity contribution is 5.98. The van der Waals surface area contributed by atoms with Crippen LogP contribution in [0.4, 0.5) is 0 Å². The Morgan fingerprint density at radius 1 is 1.26 bits per heavy atom. The maximum absolute atomic E-state index is 12.9. The van der Waals surface area contributed by atoms with E-state index in [9.17, 15) is 15.0 Å². The summed E-state index contributed by atoms with van der Waals surface area (Å²) in [6.07, 6.45) is 6.50. The molecule has 6 nitrogen and oxygen atoms in total. The summed E-state index contributed by atoms with van der Waals surface area (Å²) in [5.41, 5.74) is 5.68. The number of ketones is 1. The van der Waals surface area contributed by atoms with Gasteiger partial charge in [0.05, 0.1) is 24.3 Å². The van der Waals surface area contributed by atoms with Crippen molar-refractivity contribution in [2.24, 2.45) is 11.8 Å². The number of allylic oxidation sites excluding steroid dienone is 1. The minimum atomic E-state index is -0.493. The van der Waals surface area contributed by atoms with Crippen molar-refractivity contribution in [3.8, 4) is 11.3 Å². The molecule has 0 unspecified atom stereocenters. The second-order valence-electron chi connectivity index (χ2n) is 8.63. The largest absolute Gasteiger partial charge is 0.515 e. The fraction of sp³-hybridized carbons (Fsp3) is 0.320. The van der Waals surface area contributed by atoms with Gasteiger partial charge in [-0.3, -0.25) is 14.9 Å². The number of pyridine rings is 1. The minimum Gasteiger partial charge on any atom is -0.515 e. The fourth-order valence-corrected chi connectivity index (χ4v) is 5.70. The smallest absolute Gasteiger partial charge is 0.165 e. The first-order valence-corrected chi connectivity index (χ1v) is 10.7. The molecule has 0 spiro atoms. The van der Waals surface area contributed by atoms with Crippen molar-refractivity contribution in [1.29, 1.82) is 0 Å². The first-order chi connectivity index (χ1) is 15.1. The predicted molar refractivity (Wildman–Crippen MR) is 116 cm³/mol. The highest BCUT2D eigenvalue weighted by atomic mass is 16.3. The van der Waals surface area contributed by atoms with E-state index in [1.165, 1.54) is 0 Å². The average Bonchev–Trinajstić information content (AvgIpc) is 3.27. The van der Waals surface area contributed by atoms with Crippen LogP contribution in [-0.4, -0.2) is 31.2 Å². The van der Waals surface area contributed by atoms with E-state index in [0.29, 0.717) is 12.0 Å². The number of fused-ring (bicyclic) bond motifs is 3. The first-order valence-electron chi connectivity index (χ1n) is 10.7. The summed E-state index contributed by atoms with van der Waals surface area (Å²) in [5, 5.41) is 27.4. The molecule has 0 aliphatic heterocycles. The van der Waals surface area contributed by atoms with Crippen LogP contribution >= 0.6 is 0 Å². The molecule has 2 aliphatic rings. The van der Waals surface area contributed by atoms with Crippen LogP contribution in [0.25, 0.3) is 11.3 Å². The number of Topliss-reactive ketones (excluding diaryl/α,β-unsaturated/α-hetero) is 1. The Balaban J connectivity index is 1.74. The molecule has 6 heteroatoms. The molecule has 2 aromatic heterocycles. The van der Waals surface area contributed by atoms with Crippen molar-refractivity contribution in [2.45, 2.75) is 38.2 Å². The van der Waals surface area contributed by atoms with E-state index in [2.05, 4.69) is 22.2 Å². The maximum atomic E-state index is 12.9. The molecule has 2 heterocycles. The first kappa shape index (κ1) is 19.7. The van der Waals surface area contributed by atoms with E-state index < -0.39 is 5.41 Å². The fourth-order valence-electron chi connectivity index (χ4n) is 5.70. The molecule has 2 aliphatic carbocycles. The second-order valence-corrected chi connectivity index (χ2v) is 8.63. The molecule has 3 N–H and O–H groups in total. The van der Waals surface area contributed by atoms with Gasteiger partial charge in [-0.15, -0.1) is 0 Å². The number of nitrogens with zero attached hydrogens (tertiary/aromatic N) is 2. The molecule has 1 saturated carbocycles. The number of aromatic amines is 1. The second kappa shape index (κ2) is 7.46. The van der Waals surface area contributed by atoms with Crippen molar-refractivity contribution >= 4 is 5.78 Å². The summed E-state index contributed by atoms with van der Waals surface area (Å²) >= 11 is 0. The van der Waals surface area contributed by atoms with Crippen LogP contribution in [0.2, 0.25) is 0 Å². The zero-order valence-corrected chi connectivity index (χ0v) is 17.4. The van der Waals surface area contributed by atoms with Gasteiger partial charge in [-0.1, -0.05) is 37.3 Å². The van der Waals surface area contributed by atoms with Gasteiger partial charge in [0.1, 0.15) is 0 Å². The van der Waals surface area contributed by atoms with Crippen LogP contribution in [0.3, 0.4) is 0 Å². The number of carbonyl (C=O) groups is 1. The Bertz CT molecular complexity index is 1170. The zero-order valence-electron chi connectivity index (χ0n) is 17.4. The third-order valence-corrected chi connectivity index (χ3v) is 7.14. The van der Waals surface area contributed by atoms with Gasteiger partial charge in [-0.2, -0.15) is 5.10 Å². The van der Waals surface area contributed by atoms with E-state index in [0.717, 1.165) is 52.7 Å². The number of nitrogens with one attached hydrogen (secondary N) is 1. The monoisotopic (exact) mass is 415 g/mol. The molecule has 0 bridgehead atoms. The molecule has 0 saturated heterocycles. The van der Waals surface area contributed by atoms with Gasteiger partial charge in [-0.25, -0.2) is 0 Å². The Kier molecular flexibility index (Phi) is 4.74. The van der Waals surface area contributed by atoms with Crippen LogP contribution in [0, 0.1) is 11.8 Å². The lowest BCUT2D eigenvalue weighted by atomic mass is 9.52. The van der Waals surface area contributed by atoms with Gasteiger partial charge in [0.15, 0.2) is 5.78 Å². The van der Waals surface area contributed by atoms with Gasteiger partial charge >= 0.3 is 0 Å². The lowest BCUT2D eigenvalue weighted by Gasteiger charge is -2.49. The molecule has 1 fully saturated rings. The minimum absolute atomic E-state index is 0.0260. The Morgan fingerprint density at radius 2 is 2.06 bits per heavy atom. The number of aromatic nitrogens is 3. The number of H-pyrrole nitrogens is 1. The summed E-state index contributed by atoms with van der Waals surface area (Å²) in [7, 11) is 0. The molecule has 158 valence electrons. The normalized spacial score (nSPS) is 26.5. The van der Waals surface area contributed by atoms with Crippen molar-refractivity contribution in [2.75, 3.05) is 0 Å². The molecule has 3 atom stereocenters. The van der Waals surface area contributed by atoms with Crippen LogP contribution in [0.5, 0.6) is 0 Å². The summed E-state index contributed by atoms with van der Waals surface area (Å²) in [6.45, 7) is 1.90. The van der Waals surface area contributed by atoms with Crippen molar-refractivity contribution < 1.29 is 15.0 Å². The molecule has 0 radical (unpaired) electrons. The number of carbonyl (C=O) groups excluding carboxylic acids is 1. The summed E-state index contributed by atoms with van der Waals surface area (Å²) in [4.78, 5) is 17.2. The lowest BCUT2D eigenvalue weighted by molar-refractivity contribution is -0.123. The Morgan fingerprint density at radius 3 is 2.81 bits per heavy atom. The molecule has 1 aromatic carbocycles. The molecule has 0 amide bonds. The van der Waals surface area contributed by atoms with E-state index in [1.807, 2.05) is 31.2 Å². The SMILES string of the molecule is C[C@@H]1C(=O)C(=CO)C[C@]2(c3ccccc3)c3n[nH]c(-c4cncc(CO)c4)c3CC[C@@H]12. The predicted octanol–water partition coefficient (Wildman–Crippen LogP) is 3.86. The number of hydrogen-bond acceptors (Lipinski definition) is 5. The number of aliphatic hydroxyl groups is 2. The van der Waals surface area contributed by atoms with E-state index >= 15 is 0 Å². The van der Waals surface area contributed by atoms with Gasteiger partial charge in [0.25, 0.3) is 0 Å². The number of benzene rings is 1. The summed E-state index contributed by atoms with van der Waals surface area (Å²) < 4.78 is 0. The Labute approximate surface area is 180 Å². The number of rotatable bonds is 3. The van der Waals surface area contributed by atoms with Gasteiger partial charge < -0.3 is 10.2 Å².